The predicted molar refractivity (Wildman–Crippen MR) is 89.7 cm³/mol. The molecule has 0 unspecified atom stereocenters. The average molecular weight is 316 g/mol. The lowest BCUT2D eigenvalue weighted by molar-refractivity contribution is -0.159. The lowest BCUT2D eigenvalue weighted by Crippen LogP contribution is -2.35. The molecule has 0 amide bonds. The molecule has 22 heavy (non-hydrogen) atoms. The van der Waals surface area contributed by atoms with E-state index in [0.29, 0.717) is 19.4 Å². The minimum atomic E-state index is -1.40. The number of aliphatic hydroxyl groups is 2. The fraction of sp³-hybridized carbons (Fsp3) is 0.944. The van der Waals surface area contributed by atoms with Crippen molar-refractivity contribution >= 4 is 5.97 Å². The molecule has 2 N–H and O–H groups in total. The van der Waals surface area contributed by atoms with Gasteiger partial charge >= 0.3 is 5.97 Å². The predicted octanol–water partition coefficient (Wildman–Crippen LogP) is 3.83. The van der Waals surface area contributed by atoms with Gasteiger partial charge in [-0.15, -0.1) is 0 Å². The molecule has 0 fully saturated rings. The van der Waals surface area contributed by atoms with Crippen molar-refractivity contribution in [3.05, 3.63) is 0 Å². The number of rotatable bonds is 14. The van der Waals surface area contributed by atoms with E-state index in [9.17, 15) is 15.0 Å². The third-order valence-electron chi connectivity index (χ3n) is 4.20. The van der Waals surface area contributed by atoms with Crippen molar-refractivity contribution < 1.29 is 19.7 Å². The number of esters is 1. The van der Waals surface area contributed by atoms with Crippen LogP contribution >= 0.6 is 0 Å². The molecule has 0 aliphatic heterocycles. The summed E-state index contributed by atoms with van der Waals surface area (Å²) in [7, 11) is 0. The van der Waals surface area contributed by atoms with Gasteiger partial charge < -0.3 is 14.9 Å². The van der Waals surface area contributed by atoms with Gasteiger partial charge in [0.1, 0.15) is 0 Å². The van der Waals surface area contributed by atoms with E-state index in [1.54, 1.807) is 0 Å². The van der Waals surface area contributed by atoms with E-state index in [1.165, 1.54) is 32.1 Å². The normalized spacial score (nSPS) is 15.3. The number of aliphatic hydroxyl groups excluding tert-OH is 2. The van der Waals surface area contributed by atoms with E-state index in [0.717, 1.165) is 25.2 Å². The molecular weight excluding hydrogens is 280 g/mol. The Bertz CT molecular complexity index is 268. The van der Waals surface area contributed by atoms with Crippen LogP contribution in [0.15, 0.2) is 0 Å². The third kappa shape index (κ3) is 11.0. The van der Waals surface area contributed by atoms with Crippen molar-refractivity contribution in [2.45, 2.75) is 97.2 Å². The monoisotopic (exact) mass is 316 g/mol. The topological polar surface area (TPSA) is 66.8 Å². The second-order valence-electron chi connectivity index (χ2n) is 6.39. The number of hydrogen-bond acceptors (Lipinski definition) is 4. The largest absolute Gasteiger partial charge is 0.464 e. The SMILES string of the molecule is CCCOC(=O)[C@H](O)[C@H](O)CCCCCCCC[C@H](C)CC. The van der Waals surface area contributed by atoms with E-state index >= 15 is 0 Å². The molecule has 0 aliphatic carbocycles. The fourth-order valence-electron chi connectivity index (χ4n) is 2.36. The number of unbranched alkanes of at least 4 members (excludes halogenated alkanes) is 5. The summed E-state index contributed by atoms with van der Waals surface area (Å²) in [4.78, 5) is 11.4. The van der Waals surface area contributed by atoms with Crippen molar-refractivity contribution in [3.8, 4) is 0 Å². The van der Waals surface area contributed by atoms with Crippen molar-refractivity contribution in [3.63, 3.8) is 0 Å². The molecular formula is C18H36O4. The van der Waals surface area contributed by atoms with Crippen molar-refractivity contribution in [2.75, 3.05) is 6.61 Å². The van der Waals surface area contributed by atoms with E-state index in [4.69, 9.17) is 4.74 Å². The summed E-state index contributed by atoms with van der Waals surface area (Å²) in [5, 5.41) is 19.4. The highest BCUT2D eigenvalue weighted by molar-refractivity contribution is 5.75. The van der Waals surface area contributed by atoms with Crippen LogP contribution in [-0.2, 0) is 9.53 Å². The minimum Gasteiger partial charge on any atom is -0.464 e. The lowest BCUT2D eigenvalue weighted by Gasteiger charge is -2.16. The molecule has 0 radical (unpaired) electrons. The lowest BCUT2D eigenvalue weighted by atomic mass is 9.99. The van der Waals surface area contributed by atoms with Crippen LogP contribution in [0.1, 0.15) is 85.0 Å². The highest BCUT2D eigenvalue weighted by Gasteiger charge is 2.24. The second-order valence-corrected chi connectivity index (χ2v) is 6.39. The smallest absolute Gasteiger partial charge is 0.337 e. The Kier molecular flexibility index (Phi) is 13.6. The summed E-state index contributed by atoms with van der Waals surface area (Å²) in [5.41, 5.74) is 0. The van der Waals surface area contributed by atoms with Crippen LogP contribution in [-0.4, -0.2) is 35.0 Å². The number of hydrogen-bond donors (Lipinski definition) is 2. The second kappa shape index (κ2) is 14.0. The number of ether oxygens (including phenoxy) is 1. The molecule has 4 nitrogen and oxygen atoms in total. The highest BCUT2D eigenvalue weighted by Crippen LogP contribution is 2.15. The van der Waals surface area contributed by atoms with Crippen molar-refractivity contribution in [1.82, 2.24) is 0 Å². The van der Waals surface area contributed by atoms with E-state index in [2.05, 4.69) is 13.8 Å². The Balaban J connectivity index is 3.52. The summed E-state index contributed by atoms with van der Waals surface area (Å²) in [6.45, 7) is 6.72. The van der Waals surface area contributed by atoms with Gasteiger partial charge in [0, 0.05) is 0 Å². The zero-order chi connectivity index (χ0) is 16.8. The quantitative estimate of drug-likeness (QED) is 0.377. The van der Waals surface area contributed by atoms with Crippen LogP contribution in [0.3, 0.4) is 0 Å². The average Bonchev–Trinajstić information content (AvgIpc) is 2.53. The van der Waals surface area contributed by atoms with Gasteiger partial charge in [-0.25, -0.2) is 4.79 Å². The molecule has 3 atom stereocenters. The van der Waals surface area contributed by atoms with Gasteiger partial charge in [-0.1, -0.05) is 72.1 Å². The maximum Gasteiger partial charge on any atom is 0.337 e. The molecule has 132 valence electrons. The first-order chi connectivity index (χ1) is 10.5. The Hall–Kier alpha value is -0.610. The molecule has 0 aromatic heterocycles. The van der Waals surface area contributed by atoms with E-state index in [-0.39, 0.29) is 0 Å². The van der Waals surface area contributed by atoms with Gasteiger partial charge in [0.2, 0.25) is 0 Å². The molecule has 0 aliphatic rings. The van der Waals surface area contributed by atoms with Gasteiger partial charge in [0.25, 0.3) is 0 Å². The van der Waals surface area contributed by atoms with Gasteiger partial charge in [-0.05, 0) is 18.8 Å². The molecule has 0 heterocycles. The first-order valence-corrected chi connectivity index (χ1v) is 9.05. The van der Waals surface area contributed by atoms with Crippen LogP contribution in [0.5, 0.6) is 0 Å². The number of carbonyl (C=O) groups is 1. The molecule has 0 aromatic rings. The first-order valence-electron chi connectivity index (χ1n) is 9.05. The van der Waals surface area contributed by atoms with Crippen molar-refractivity contribution in [1.29, 1.82) is 0 Å². The van der Waals surface area contributed by atoms with E-state index < -0.39 is 18.2 Å². The molecule has 0 spiro atoms. The summed E-state index contributed by atoms with van der Waals surface area (Å²) in [5.74, 6) is 0.128. The maximum absolute atomic E-state index is 11.4. The maximum atomic E-state index is 11.4. The molecule has 0 bridgehead atoms. The third-order valence-corrected chi connectivity index (χ3v) is 4.20. The zero-order valence-corrected chi connectivity index (χ0v) is 14.7. The summed E-state index contributed by atoms with van der Waals surface area (Å²) >= 11 is 0. The van der Waals surface area contributed by atoms with Gasteiger partial charge in [-0.3, -0.25) is 0 Å². The van der Waals surface area contributed by atoms with Gasteiger partial charge in [0.15, 0.2) is 6.10 Å². The minimum absolute atomic E-state index is 0.291. The standard InChI is InChI=1S/C18H36O4/c1-4-14-22-18(21)17(20)16(19)13-11-9-7-6-8-10-12-15(3)5-2/h15-17,19-20H,4-14H2,1-3H3/t15-,16-,17-/m1/s1. The van der Waals surface area contributed by atoms with Crippen LogP contribution in [0.25, 0.3) is 0 Å². The molecule has 0 aromatic carbocycles. The Labute approximate surface area is 136 Å². The summed E-state index contributed by atoms with van der Waals surface area (Å²) in [6, 6.07) is 0. The molecule has 4 heteroatoms. The first kappa shape index (κ1) is 21.4. The molecule has 0 saturated carbocycles. The highest BCUT2D eigenvalue weighted by atomic mass is 16.5. The van der Waals surface area contributed by atoms with Crippen LogP contribution < -0.4 is 0 Å². The summed E-state index contributed by atoms with van der Waals surface area (Å²) < 4.78 is 4.83. The Morgan fingerprint density at radius 1 is 0.955 bits per heavy atom. The molecule has 0 saturated heterocycles. The van der Waals surface area contributed by atoms with Crippen LogP contribution in [0.2, 0.25) is 0 Å². The Morgan fingerprint density at radius 3 is 2.05 bits per heavy atom. The Morgan fingerprint density at radius 2 is 1.50 bits per heavy atom. The fourth-order valence-corrected chi connectivity index (χ4v) is 2.36. The van der Waals surface area contributed by atoms with Crippen molar-refractivity contribution in [2.24, 2.45) is 5.92 Å². The number of carbonyl (C=O) groups excluding carboxylic acids is 1. The van der Waals surface area contributed by atoms with Gasteiger partial charge in [-0.2, -0.15) is 0 Å². The van der Waals surface area contributed by atoms with Gasteiger partial charge in [0.05, 0.1) is 12.7 Å². The summed E-state index contributed by atoms with van der Waals surface area (Å²) in [6.07, 6.45) is 8.19. The van der Waals surface area contributed by atoms with Crippen LogP contribution in [0.4, 0.5) is 0 Å². The van der Waals surface area contributed by atoms with E-state index in [1.807, 2.05) is 6.92 Å². The molecule has 0 rings (SSSR count). The van der Waals surface area contributed by atoms with Crippen LogP contribution in [0, 0.1) is 5.92 Å². The zero-order valence-electron chi connectivity index (χ0n) is 14.7.